The van der Waals surface area contributed by atoms with Crippen LogP contribution in [0.2, 0.25) is 0 Å². The van der Waals surface area contributed by atoms with E-state index in [-0.39, 0.29) is 9.92 Å². The summed E-state index contributed by atoms with van der Waals surface area (Å²) in [4.78, 5) is 0.282. The number of hydrogen-bond acceptors (Lipinski definition) is 4. The fourth-order valence-electron chi connectivity index (χ4n) is 3.42. The number of fused-ring (bicyclic) bond motifs is 1. The van der Waals surface area contributed by atoms with Gasteiger partial charge in [0, 0.05) is 11.9 Å². The summed E-state index contributed by atoms with van der Waals surface area (Å²) in [5.74, 6) is 0.482. The Morgan fingerprint density at radius 1 is 1.20 bits per heavy atom. The zero-order chi connectivity index (χ0) is 17.4. The standard InChI is InChI=1S/C19H21N3O2S/c1-14-7-8-17-18(11-14)22(13-15-9-10-20-12-15)21-19(17)25(23,24)16-5-3-2-4-6-16/h2-8,11,15,20H,9-10,12-13H2,1H3. The SMILES string of the molecule is Cc1ccc2c(S(=O)(=O)c3ccccc3)nn(CC3CCNC3)c2c1. The maximum absolute atomic E-state index is 13.1. The summed E-state index contributed by atoms with van der Waals surface area (Å²) in [5, 5.41) is 8.75. The summed E-state index contributed by atoms with van der Waals surface area (Å²) in [6.45, 7) is 4.71. The Bertz CT molecular complexity index is 1000. The summed E-state index contributed by atoms with van der Waals surface area (Å²) in [7, 11) is -3.64. The molecule has 1 aliphatic heterocycles. The van der Waals surface area contributed by atoms with Crippen molar-refractivity contribution in [1.29, 1.82) is 0 Å². The second kappa shape index (κ2) is 6.28. The predicted octanol–water partition coefficient (Wildman–Crippen LogP) is 2.79. The van der Waals surface area contributed by atoms with Gasteiger partial charge in [0.15, 0.2) is 5.03 Å². The third-order valence-corrected chi connectivity index (χ3v) is 6.48. The molecule has 1 fully saturated rings. The molecule has 5 nitrogen and oxygen atoms in total. The summed E-state index contributed by atoms with van der Waals surface area (Å²) in [5.41, 5.74) is 1.99. The van der Waals surface area contributed by atoms with Crippen molar-refractivity contribution in [2.24, 2.45) is 5.92 Å². The molecule has 1 saturated heterocycles. The van der Waals surface area contributed by atoms with Crippen molar-refractivity contribution in [3.8, 4) is 0 Å². The van der Waals surface area contributed by atoms with Crippen LogP contribution in [0.25, 0.3) is 10.9 Å². The van der Waals surface area contributed by atoms with E-state index in [0.717, 1.165) is 37.1 Å². The Morgan fingerprint density at radius 3 is 2.72 bits per heavy atom. The minimum absolute atomic E-state index is 0.152. The van der Waals surface area contributed by atoms with Crippen LogP contribution in [-0.4, -0.2) is 31.3 Å². The molecule has 1 atom stereocenters. The fraction of sp³-hybridized carbons (Fsp3) is 0.316. The normalized spacial score (nSPS) is 18.0. The molecule has 0 saturated carbocycles. The molecule has 0 bridgehead atoms. The van der Waals surface area contributed by atoms with Gasteiger partial charge in [-0.25, -0.2) is 8.42 Å². The Balaban J connectivity index is 1.87. The Labute approximate surface area is 147 Å². The first kappa shape index (κ1) is 16.3. The van der Waals surface area contributed by atoms with Crippen LogP contribution in [0.3, 0.4) is 0 Å². The Hall–Kier alpha value is -2.18. The topological polar surface area (TPSA) is 64.0 Å². The quantitative estimate of drug-likeness (QED) is 0.782. The zero-order valence-electron chi connectivity index (χ0n) is 14.1. The number of rotatable bonds is 4. The van der Waals surface area contributed by atoms with E-state index in [1.165, 1.54) is 0 Å². The van der Waals surface area contributed by atoms with Gasteiger partial charge in [-0.15, -0.1) is 0 Å². The van der Waals surface area contributed by atoms with Gasteiger partial charge in [0.05, 0.1) is 10.4 Å². The molecule has 6 heteroatoms. The average molecular weight is 355 g/mol. The van der Waals surface area contributed by atoms with E-state index in [2.05, 4.69) is 10.4 Å². The smallest absolute Gasteiger partial charge is 0.226 e. The van der Waals surface area contributed by atoms with E-state index in [9.17, 15) is 8.42 Å². The van der Waals surface area contributed by atoms with Gasteiger partial charge in [0.1, 0.15) is 0 Å². The molecule has 1 unspecified atom stereocenters. The van der Waals surface area contributed by atoms with Crippen molar-refractivity contribution in [3.05, 3.63) is 54.1 Å². The number of nitrogens with zero attached hydrogens (tertiary/aromatic N) is 2. The molecular formula is C19H21N3O2S. The largest absolute Gasteiger partial charge is 0.316 e. The number of benzene rings is 2. The van der Waals surface area contributed by atoms with Crippen LogP contribution in [0, 0.1) is 12.8 Å². The monoisotopic (exact) mass is 355 g/mol. The first-order chi connectivity index (χ1) is 12.1. The molecule has 1 N–H and O–H groups in total. The predicted molar refractivity (Wildman–Crippen MR) is 97.3 cm³/mol. The first-order valence-corrected chi connectivity index (χ1v) is 10.0. The van der Waals surface area contributed by atoms with Gasteiger partial charge in [-0.05, 0) is 62.2 Å². The van der Waals surface area contributed by atoms with E-state index < -0.39 is 9.84 Å². The van der Waals surface area contributed by atoms with Crippen molar-refractivity contribution in [2.45, 2.75) is 29.8 Å². The second-order valence-electron chi connectivity index (χ2n) is 6.68. The van der Waals surface area contributed by atoms with E-state index in [4.69, 9.17) is 0 Å². The third kappa shape index (κ3) is 2.96. The average Bonchev–Trinajstić information content (AvgIpc) is 3.24. The molecule has 0 spiro atoms. The van der Waals surface area contributed by atoms with Crippen LogP contribution in [0.4, 0.5) is 0 Å². The second-order valence-corrected chi connectivity index (χ2v) is 8.55. The van der Waals surface area contributed by atoms with E-state index in [0.29, 0.717) is 11.3 Å². The number of aryl methyl sites for hydroxylation is 1. The lowest BCUT2D eigenvalue weighted by Gasteiger charge is -2.09. The number of sulfone groups is 1. The minimum atomic E-state index is -3.64. The van der Waals surface area contributed by atoms with Crippen LogP contribution < -0.4 is 5.32 Å². The van der Waals surface area contributed by atoms with Gasteiger partial charge < -0.3 is 5.32 Å². The summed E-state index contributed by atoms with van der Waals surface area (Å²) >= 11 is 0. The highest BCUT2D eigenvalue weighted by Gasteiger charge is 2.26. The first-order valence-electron chi connectivity index (χ1n) is 8.54. The highest BCUT2D eigenvalue weighted by Crippen LogP contribution is 2.29. The van der Waals surface area contributed by atoms with Crippen LogP contribution in [0.15, 0.2) is 58.5 Å². The van der Waals surface area contributed by atoms with Crippen molar-refractivity contribution >= 4 is 20.7 Å². The van der Waals surface area contributed by atoms with Crippen LogP contribution in [0.1, 0.15) is 12.0 Å². The molecule has 1 aliphatic rings. The number of nitrogens with one attached hydrogen (secondary N) is 1. The lowest BCUT2D eigenvalue weighted by molar-refractivity contribution is 0.452. The highest BCUT2D eigenvalue weighted by atomic mass is 32.2. The molecule has 25 heavy (non-hydrogen) atoms. The molecule has 1 aromatic heterocycles. The summed E-state index contributed by atoms with van der Waals surface area (Å²) in [6, 6.07) is 14.4. The van der Waals surface area contributed by atoms with E-state index >= 15 is 0 Å². The lowest BCUT2D eigenvalue weighted by Crippen LogP contribution is -2.15. The molecule has 4 rings (SSSR count). The molecule has 0 aliphatic carbocycles. The molecule has 130 valence electrons. The Morgan fingerprint density at radius 2 is 2.00 bits per heavy atom. The maximum Gasteiger partial charge on any atom is 0.226 e. The number of aromatic nitrogens is 2. The molecule has 2 heterocycles. The van der Waals surface area contributed by atoms with Gasteiger partial charge in [0.25, 0.3) is 0 Å². The number of hydrogen-bond donors (Lipinski definition) is 1. The summed E-state index contributed by atoms with van der Waals surface area (Å²) in [6.07, 6.45) is 1.09. The maximum atomic E-state index is 13.1. The fourth-order valence-corrected chi connectivity index (χ4v) is 4.82. The van der Waals surface area contributed by atoms with Crippen LogP contribution in [-0.2, 0) is 16.4 Å². The van der Waals surface area contributed by atoms with Crippen molar-refractivity contribution in [1.82, 2.24) is 15.1 Å². The lowest BCUT2D eigenvalue weighted by atomic mass is 10.1. The zero-order valence-corrected chi connectivity index (χ0v) is 15.0. The highest BCUT2D eigenvalue weighted by molar-refractivity contribution is 7.91. The van der Waals surface area contributed by atoms with Crippen LogP contribution in [0.5, 0.6) is 0 Å². The van der Waals surface area contributed by atoms with E-state index in [1.807, 2.05) is 35.9 Å². The van der Waals surface area contributed by atoms with Gasteiger partial charge in [-0.1, -0.05) is 24.3 Å². The van der Waals surface area contributed by atoms with Gasteiger partial charge in [-0.3, -0.25) is 4.68 Å². The van der Waals surface area contributed by atoms with Gasteiger partial charge in [-0.2, -0.15) is 5.10 Å². The van der Waals surface area contributed by atoms with Crippen molar-refractivity contribution < 1.29 is 8.42 Å². The third-order valence-electron chi connectivity index (χ3n) is 4.77. The van der Waals surface area contributed by atoms with Gasteiger partial charge >= 0.3 is 0 Å². The molecule has 3 aromatic rings. The van der Waals surface area contributed by atoms with Crippen molar-refractivity contribution in [2.75, 3.05) is 13.1 Å². The van der Waals surface area contributed by atoms with Gasteiger partial charge in [0.2, 0.25) is 9.84 Å². The van der Waals surface area contributed by atoms with Crippen LogP contribution >= 0.6 is 0 Å². The molecule has 0 radical (unpaired) electrons. The molecular weight excluding hydrogens is 334 g/mol. The van der Waals surface area contributed by atoms with E-state index in [1.54, 1.807) is 24.3 Å². The summed E-state index contributed by atoms with van der Waals surface area (Å²) < 4.78 is 28.1. The molecule has 2 aromatic carbocycles. The Kier molecular flexibility index (Phi) is 4.09. The minimum Gasteiger partial charge on any atom is -0.316 e. The molecule has 0 amide bonds. The van der Waals surface area contributed by atoms with Crippen molar-refractivity contribution in [3.63, 3.8) is 0 Å².